The van der Waals surface area contributed by atoms with Crippen molar-refractivity contribution in [2.24, 2.45) is 0 Å². The van der Waals surface area contributed by atoms with E-state index in [-0.39, 0.29) is 56.6 Å². The van der Waals surface area contributed by atoms with Gasteiger partial charge in [-0.1, -0.05) is 69.6 Å². The molecule has 38 heavy (non-hydrogen) atoms. The van der Waals surface area contributed by atoms with Gasteiger partial charge in [0.15, 0.2) is 17.5 Å². The predicted octanol–water partition coefficient (Wildman–Crippen LogP) is 5.03. The van der Waals surface area contributed by atoms with Crippen LogP contribution in [0.3, 0.4) is 0 Å². The number of carbonyl (C=O) groups excluding carboxylic acids is 4. The van der Waals surface area contributed by atoms with E-state index in [2.05, 4.69) is 30.9 Å². The van der Waals surface area contributed by atoms with Crippen molar-refractivity contribution in [2.75, 3.05) is 31.2 Å². The number of alkyl halides is 6. The molecule has 0 bridgehead atoms. The summed E-state index contributed by atoms with van der Waals surface area (Å²) in [5.41, 5.74) is 0.752. The zero-order chi connectivity index (χ0) is 28.5. The Bertz CT molecular complexity index is 1120. The van der Waals surface area contributed by atoms with Crippen LogP contribution in [0.4, 0.5) is 5.69 Å². The maximum Gasteiger partial charge on any atom is 0.325 e. The first-order chi connectivity index (χ1) is 17.8. The molecule has 0 N–H and O–H groups in total. The van der Waals surface area contributed by atoms with E-state index in [1.165, 1.54) is 4.90 Å². The summed E-state index contributed by atoms with van der Waals surface area (Å²) < 4.78 is 6.29. The maximum absolute atomic E-state index is 12.3. The van der Waals surface area contributed by atoms with Crippen molar-refractivity contribution in [3.8, 4) is 11.4 Å². The summed E-state index contributed by atoms with van der Waals surface area (Å²) in [4.78, 5) is 59.2. The number of hydrogen-bond acceptors (Lipinski definition) is 10. The molecule has 0 saturated heterocycles. The lowest BCUT2D eigenvalue weighted by Crippen LogP contribution is -2.36. The van der Waals surface area contributed by atoms with Crippen LogP contribution >= 0.6 is 85.5 Å². The molecular formula is C21H17BrCl6N4O6. The molecule has 0 aliphatic carbocycles. The summed E-state index contributed by atoms with van der Waals surface area (Å²) in [7, 11) is 0. The van der Waals surface area contributed by atoms with Crippen molar-refractivity contribution in [1.29, 1.82) is 0 Å². The number of ether oxygens (including phenoxy) is 2. The van der Waals surface area contributed by atoms with Gasteiger partial charge in [-0.3, -0.25) is 9.59 Å². The maximum atomic E-state index is 12.3. The molecule has 2 aromatic rings. The third kappa shape index (κ3) is 10.3. The fraction of sp³-hybridized carbons (Fsp3) is 0.381. The van der Waals surface area contributed by atoms with Crippen LogP contribution in [-0.4, -0.2) is 65.8 Å². The largest absolute Gasteiger partial charge is 0.464 e. The Hall–Kier alpha value is -1.47. The zero-order valence-electron chi connectivity index (χ0n) is 19.0. The van der Waals surface area contributed by atoms with E-state index in [9.17, 15) is 19.2 Å². The molecule has 10 nitrogen and oxygen atoms in total. The number of aldehydes is 2. The molecule has 206 valence electrons. The lowest BCUT2D eigenvalue weighted by atomic mass is 10.1. The van der Waals surface area contributed by atoms with Crippen molar-refractivity contribution in [1.82, 2.24) is 15.0 Å². The van der Waals surface area contributed by atoms with Gasteiger partial charge in [0.1, 0.15) is 25.7 Å². The van der Waals surface area contributed by atoms with E-state index in [0.29, 0.717) is 28.3 Å². The zero-order valence-corrected chi connectivity index (χ0v) is 25.1. The first kappa shape index (κ1) is 32.7. The number of halogens is 7. The average Bonchev–Trinajstić information content (AvgIpc) is 2.82. The molecule has 0 amide bonds. The molecular weight excluding hydrogens is 697 g/mol. The van der Waals surface area contributed by atoms with Gasteiger partial charge in [-0.2, -0.15) is 0 Å². The summed E-state index contributed by atoms with van der Waals surface area (Å²) in [6.07, 6.45) is 1.26. The Morgan fingerprint density at radius 2 is 1.32 bits per heavy atom. The molecule has 0 aliphatic heterocycles. The van der Waals surface area contributed by atoms with Crippen LogP contribution in [0.5, 0.6) is 0 Å². The Morgan fingerprint density at radius 1 is 0.842 bits per heavy atom. The SMILES string of the molecule is O=CCCOC(=O)CN(CC(=O)OCCC=O)c1ccc(-c2nc(C(Cl)(Cl)Cl)nc(C(Cl)(Cl)Cl)n2)c(Br)c1. The molecule has 0 unspecified atom stereocenters. The summed E-state index contributed by atoms with van der Waals surface area (Å²) >= 11 is 39.0. The molecule has 2 rings (SSSR count). The van der Waals surface area contributed by atoms with Crippen LogP contribution in [0.15, 0.2) is 22.7 Å². The first-order valence-electron chi connectivity index (χ1n) is 10.4. The van der Waals surface area contributed by atoms with E-state index < -0.39 is 19.5 Å². The number of benzene rings is 1. The second kappa shape index (κ2) is 14.8. The molecule has 17 heteroatoms. The monoisotopic (exact) mass is 710 g/mol. The third-order valence-electron chi connectivity index (χ3n) is 4.34. The van der Waals surface area contributed by atoms with Gasteiger partial charge < -0.3 is 24.0 Å². The molecule has 0 aliphatic rings. The highest BCUT2D eigenvalue weighted by molar-refractivity contribution is 9.10. The Morgan fingerprint density at radius 3 is 1.71 bits per heavy atom. The Kier molecular flexibility index (Phi) is 12.7. The summed E-state index contributed by atoms with van der Waals surface area (Å²) in [5, 5.41) is 0. The van der Waals surface area contributed by atoms with E-state index in [1.807, 2.05) is 0 Å². The summed E-state index contributed by atoms with van der Waals surface area (Å²) in [6, 6.07) is 4.65. The van der Waals surface area contributed by atoms with Gasteiger partial charge in [0, 0.05) is 28.6 Å². The molecule has 0 radical (unpaired) electrons. The second-order valence-electron chi connectivity index (χ2n) is 7.17. The van der Waals surface area contributed by atoms with Crippen molar-refractivity contribution >= 4 is 116 Å². The van der Waals surface area contributed by atoms with Crippen LogP contribution in [0.2, 0.25) is 0 Å². The smallest absolute Gasteiger partial charge is 0.325 e. The van der Waals surface area contributed by atoms with Gasteiger partial charge in [-0.15, -0.1) is 0 Å². The quantitative estimate of drug-likeness (QED) is 0.128. The highest BCUT2D eigenvalue weighted by atomic mass is 79.9. The number of anilines is 1. The first-order valence-corrected chi connectivity index (χ1v) is 13.5. The molecule has 0 fully saturated rings. The minimum atomic E-state index is -2.06. The minimum absolute atomic E-state index is 0.00540. The molecule has 0 atom stereocenters. The van der Waals surface area contributed by atoms with Gasteiger partial charge in [-0.05, 0) is 34.1 Å². The van der Waals surface area contributed by atoms with E-state index >= 15 is 0 Å². The lowest BCUT2D eigenvalue weighted by molar-refractivity contribution is -0.143. The highest BCUT2D eigenvalue weighted by Crippen LogP contribution is 2.41. The van der Waals surface area contributed by atoms with Crippen LogP contribution in [0.1, 0.15) is 24.5 Å². The van der Waals surface area contributed by atoms with E-state index in [4.69, 9.17) is 79.1 Å². The van der Waals surface area contributed by atoms with Crippen molar-refractivity contribution in [3.63, 3.8) is 0 Å². The second-order valence-corrected chi connectivity index (χ2v) is 12.6. The van der Waals surface area contributed by atoms with E-state index in [0.717, 1.165) is 0 Å². The fourth-order valence-electron chi connectivity index (χ4n) is 2.72. The molecule has 1 aromatic heterocycles. The molecule has 1 aromatic carbocycles. The summed E-state index contributed by atoms with van der Waals surface area (Å²) in [5.74, 6) is -1.96. The van der Waals surface area contributed by atoms with Gasteiger partial charge >= 0.3 is 11.9 Å². The average molecular weight is 714 g/mol. The molecule has 1 heterocycles. The van der Waals surface area contributed by atoms with Crippen molar-refractivity contribution in [2.45, 2.75) is 20.4 Å². The van der Waals surface area contributed by atoms with Gasteiger partial charge in [0.25, 0.3) is 0 Å². The standard InChI is InChI=1S/C21H17BrCl6N4O6/c22-14-9-12(32(10-15(35)37-7-1-5-33)11-16(36)38-8-2-6-34)3-4-13(14)17-29-18(20(23,24)25)31-19(30-17)21(26,27)28/h3-6,9H,1-2,7-8,10-11H2. The normalized spacial score (nSPS) is 11.6. The lowest BCUT2D eigenvalue weighted by Gasteiger charge is -2.23. The van der Waals surface area contributed by atoms with Crippen LogP contribution in [-0.2, 0) is 36.2 Å². The highest BCUT2D eigenvalue weighted by Gasteiger charge is 2.34. The Balaban J connectivity index is 2.43. The number of rotatable bonds is 12. The van der Waals surface area contributed by atoms with Crippen LogP contribution < -0.4 is 4.90 Å². The number of hydrogen-bond donors (Lipinski definition) is 0. The Labute approximate surface area is 255 Å². The van der Waals surface area contributed by atoms with Crippen molar-refractivity contribution < 1.29 is 28.7 Å². The number of esters is 2. The van der Waals surface area contributed by atoms with Gasteiger partial charge in [0.2, 0.25) is 7.59 Å². The van der Waals surface area contributed by atoms with Crippen LogP contribution in [0.25, 0.3) is 11.4 Å². The van der Waals surface area contributed by atoms with Crippen LogP contribution in [0, 0.1) is 0 Å². The topological polar surface area (TPSA) is 129 Å². The van der Waals surface area contributed by atoms with Crippen molar-refractivity contribution in [3.05, 3.63) is 34.3 Å². The van der Waals surface area contributed by atoms with Gasteiger partial charge in [-0.25, -0.2) is 15.0 Å². The fourth-order valence-corrected chi connectivity index (χ4v) is 3.77. The third-order valence-corrected chi connectivity index (χ3v) is 6.01. The molecule has 0 saturated carbocycles. The number of carbonyl (C=O) groups is 4. The predicted molar refractivity (Wildman–Crippen MR) is 147 cm³/mol. The number of aromatic nitrogens is 3. The number of nitrogens with zero attached hydrogens (tertiary/aromatic N) is 4. The minimum Gasteiger partial charge on any atom is -0.464 e. The summed E-state index contributed by atoms with van der Waals surface area (Å²) in [6.45, 7) is -0.930. The van der Waals surface area contributed by atoms with Gasteiger partial charge in [0.05, 0.1) is 13.2 Å². The molecule has 0 spiro atoms. The van der Waals surface area contributed by atoms with E-state index in [1.54, 1.807) is 18.2 Å².